The van der Waals surface area contributed by atoms with Gasteiger partial charge in [0.05, 0.1) is 22.0 Å². The molecule has 1 atom stereocenters. The second kappa shape index (κ2) is 6.14. The number of hydrogen-bond acceptors (Lipinski definition) is 4. The first-order valence-corrected chi connectivity index (χ1v) is 9.42. The summed E-state index contributed by atoms with van der Waals surface area (Å²) in [6.45, 7) is 2.58. The van der Waals surface area contributed by atoms with Crippen LogP contribution in [0, 0.1) is 5.92 Å². The summed E-state index contributed by atoms with van der Waals surface area (Å²) in [5.41, 5.74) is 1.98. The van der Waals surface area contributed by atoms with Crippen LogP contribution in [0.2, 0.25) is 10.0 Å². The van der Waals surface area contributed by atoms with Gasteiger partial charge in [0.15, 0.2) is 4.83 Å². The summed E-state index contributed by atoms with van der Waals surface area (Å²) in [6.07, 6.45) is 3.10. The van der Waals surface area contributed by atoms with Crippen molar-refractivity contribution in [2.24, 2.45) is 5.92 Å². The van der Waals surface area contributed by atoms with Gasteiger partial charge in [0, 0.05) is 4.88 Å². The zero-order valence-electron chi connectivity index (χ0n) is 13.1. The van der Waals surface area contributed by atoms with E-state index >= 15 is 0 Å². The number of hydrogen-bond donors (Lipinski definition) is 0. The predicted octanol–water partition coefficient (Wildman–Crippen LogP) is 4.33. The molecule has 0 saturated carbocycles. The quantitative estimate of drug-likeness (QED) is 0.665. The maximum atomic E-state index is 12.9. The molecule has 1 aliphatic carbocycles. The number of halogens is 2. The van der Waals surface area contributed by atoms with Crippen molar-refractivity contribution in [1.82, 2.24) is 15.0 Å². The summed E-state index contributed by atoms with van der Waals surface area (Å²) >= 11 is 13.6. The number of rotatable bonds is 2. The lowest BCUT2D eigenvalue weighted by atomic mass is 9.89. The summed E-state index contributed by atoms with van der Waals surface area (Å²) in [6, 6.07) is 5.33. The van der Waals surface area contributed by atoms with Crippen molar-refractivity contribution in [1.29, 1.82) is 0 Å². The molecule has 0 N–H and O–H groups in total. The van der Waals surface area contributed by atoms with E-state index in [4.69, 9.17) is 23.2 Å². The smallest absolute Gasteiger partial charge is 0.267 e. The van der Waals surface area contributed by atoms with Crippen molar-refractivity contribution in [3.63, 3.8) is 0 Å². The Balaban J connectivity index is 1.78. The molecule has 1 aliphatic rings. The van der Waals surface area contributed by atoms with Gasteiger partial charge in [-0.05, 0) is 48.4 Å². The monoisotopic (exact) mass is 379 g/mol. The third-order valence-corrected chi connectivity index (χ3v) is 6.38. The Hall–Kier alpha value is -1.43. The zero-order chi connectivity index (χ0) is 16.8. The van der Waals surface area contributed by atoms with Gasteiger partial charge in [-0.1, -0.05) is 41.4 Å². The number of aryl methyl sites for hydroxylation is 1. The topological polar surface area (TPSA) is 47.8 Å². The highest BCUT2D eigenvalue weighted by Gasteiger charge is 2.23. The van der Waals surface area contributed by atoms with Gasteiger partial charge in [0.2, 0.25) is 0 Å². The van der Waals surface area contributed by atoms with Crippen LogP contribution in [-0.4, -0.2) is 15.0 Å². The van der Waals surface area contributed by atoms with Crippen LogP contribution in [-0.2, 0) is 19.4 Å². The summed E-state index contributed by atoms with van der Waals surface area (Å²) in [7, 11) is 0. The standard InChI is InChI=1S/C17H15Cl2N3OS/c1-9-2-4-11-14(6-9)24-16-15(11)17(23)22(21-20-16)8-10-3-5-12(18)13(19)7-10/h3,5,7,9H,2,4,6,8H2,1H3/t9-/m1/s1. The first kappa shape index (κ1) is 16.1. The molecular weight excluding hydrogens is 365 g/mol. The molecule has 0 fully saturated rings. The number of benzene rings is 1. The van der Waals surface area contributed by atoms with E-state index < -0.39 is 0 Å². The van der Waals surface area contributed by atoms with Gasteiger partial charge in [-0.15, -0.1) is 16.4 Å². The molecule has 1 aromatic carbocycles. The molecule has 7 heteroatoms. The van der Waals surface area contributed by atoms with Crippen LogP contribution in [0.5, 0.6) is 0 Å². The van der Waals surface area contributed by atoms with Gasteiger partial charge in [-0.3, -0.25) is 4.79 Å². The number of nitrogens with zero attached hydrogens (tertiary/aromatic N) is 3. The van der Waals surface area contributed by atoms with Gasteiger partial charge >= 0.3 is 0 Å². The van der Waals surface area contributed by atoms with Gasteiger partial charge in [0.1, 0.15) is 0 Å². The fourth-order valence-electron chi connectivity index (χ4n) is 3.21. The molecule has 4 nitrogen and oxygen atoms in total. The molecule has 4 rings (SSSR count). The molecular formula is C17H15Cl2N3OS. The van der Waals surface area contributed by atoms with Crippen molar-refractivity contribution in [3.05, 3.63) is 54.6 Å². The lowest BCUT2D eigenvalue weighted by Crippen LogP contribution is -2.25. The van der Waals surface area contributed by atoms with E-state index in [2.05, 4.69) is 17.2 Å². The number of aromatic nitrogens is 3. The minimum absolute atomic E-state index is 0.0712. The van der Waals surface area contributed by atoms with E-state index in [0.717, 1.165) is 35.0 Å². The molecule has 0 unspecified atom stereocenters. The SMILES string of the molecule is C[C@@H]1CCc2c(sc3nnn(Cc4ccc(Cl)c(Cl)c4)c(=O)c23)C1. The summed E-state index contributed by atoms with van der Waals surface area (Å²) in [5.74, 6) is 0.664. The lowest BCUT2D eigenvalue weighted by Gasteiger charge is -2.17. The Morgan fingerprint density at radius 3 is 2.96 bits per heavy atom. The van der Waals surface area contributed by atoms with Gasteiger partial charge < -0.3 is 0 Å². The van der Waals surface area contributed by atoms with E-state index in [-0.39, 0.29) is 5.56 Å². The number of thiophene rings is 1. The predicted molar refractivity (Wildman–Crippen MR) is 98.4 cm³/mol. The van der Waals surface area contributed by atoms with Gasteiger partial charge in [-0.25, -0.2) is 4.68 Å². The first-order chi connectivity index (χ1) is 11.5. The Morgan fingerprint density at radius 2 is 2.17 bits per heavy atom. The number of fused-ring (bicyclic) bond motifs is 3. The van der Waals surface area contributed by atoms with Crippen molar-refractivity contribution in [3.8, 4) is 0 Å². The molecule has 0 aliphatic heterocycles. The molecule has 0 amide bonds. The summed E-state index contributed by atoms with van der Waals surface area (Å²) < 4.78 is 1.41. The Labute approximate surface area is 153 Å². The minimum Gasteiger partial charge on any atom is -0.267 e. The second-order valence-corrected chi connectivity index (χ2v) is 8.23. The zero-order valence-corrected chi connectivity index (χ0v) is 15.4. The van der Waals surface area contributed by atoms with Gasteiger partial charge in [0.25, 0.3) is 5.56 Å². The minimum atomic E-state index is -0.0712. The molecule has 0 saturated heterocycles. The lowest BCUT2D eigenvalue weighted by molar-refractivity contribution is 0.508. The van der Waals surface area contributed by atoms with E-state index in [1.54, 1.807) is 23.5 Å². The van der Waals surface area contributed by atoms with E-state index in [1.165, 1.54) is 15.1 Å². The van der Waals surface area contributed by atoms with Gasteiger partial charge in [-0.2, -0.15) is 0 Å². The molecule has 124 valence electrons. The third-order valence-electron chi connectivity index (χ3n) is 4.50. The van der Waals surface area contributed by atoms with E-state index in [0.29, 0.717) is 22.5 Å². The van der Waals surface area contributed by atoms with Crippen LogP contribution in [0.4, 0.5) is 0 Å². The Morgan fingerprint density at radius 1 is 1.33 bits per heavy atom. The fourth-order valence-corrected chi connectivity index (χ4v) is 4.85. The first-order valence-electron chi connectivity index (χ1n) is 7.85. The molecule has 0 bridgehead atoms. The van der Waals surface area contributed by atoms with Crippen LogP contribution in [0.15, 0.2) is 23.0 Å². The van der Waals surface area contributed by atoms with Crippen LogP contribution in [0.3, 0.4) is 0 Å². The molecule has 24 heavy (non-hydrogen) atoms. The fraction of sp³-hybridized carbons (Fsp3) is 0.353. The summed E-state index contributed by atoms with van der Waals surface area (Å²) in [5, 5.41) is 10.1. The van der Waals surface area contributed by atoms with E-state index in [9.17, 15) is 4.79 Å². The second-order valence-electron chi connectivity index (χ2n) is 6.33. The van der Waals surface area contributed by atoms with Crippen LogP contribution < -0.4 is 5.56 Å². The molecule has 0 spiro atoms. The van der Waals surface area contributed by atoms with Crippen molar-refractivity contribution in [2.75, 3.05) is 0 Å². The largest absolute Gasteiger partial charge is 0.279 e. The maximum Gasteiger partial charge on any atom is 0.279 e. The van der Waals surface area contributed by atoms with Crippen molar-refractivity contribution < 1.29 is 0 Å². The highest BCUT2D eigenvalue weighted by atomic mass is 35.5. The average Bonchev–Trinajstić information content (AvgIpc) is 2.91. The maximum absolute atomic E-state index is 12.9. The average molecular weight is 380 g/mol. The van der Waals surface area contributed by atoms with Crippen molar-refractivity contribution in [2.45, 2.75) is 32.7 Å². The van der Waals surface area contributed by atoms with Crippen LogP contribution >= 0.6 is 34.5 Å². The van der Waals surface area contributed by atoms with Crippen LogP contribution in [0.1, 0.15) is 29.3 Å². The molecule has 0 radical (unpaired) electrons. The van der Waals surface area contributed by atoms with Crippen molar-refractivity contribution >= 4 is 44.8 Å². The van der Waals surface area contributed by atoms with E-state index in [1.807, 2.05) is 6.07 Å². The molecule has 2 aromatic heterocycles. The highest BCUT2D eigenvalue weighted by Crippen LogP contribution is 2.35. The summed E-state index contributed by atoms with van der Waals surface area (Å²) in [4.78, 5) is 15.0. The molecule has 2 heterocycles. The Bertz CT molecular complexity index is 995. The highest BCUT2D eigenvalue weighted by molar-refractivity contribution is 7.18. The third kappa shape index (κ3) is 2.75. The normalized spacial score (nSPS) is 17.2. The van der Waals surface area contributed by atoms with Crippen LogP contribution in [0.25, 0.3) is 10.2 Å². The Kier molecular flexibility index (Phi) is 4.11. The molecule has 3 aromatic rings.